The second kappa shape index (κ2) is 6.26. The minimum atomic E-state index is 0. The number of aromatic nitrogens is 2. The molecule has 0 unspecified atom stereocenters. The quantitative estimate of drug-likeness (QED) is 0.648. The summed E-state index contributed by atoms with van der Waals surface area (Å²) in [6, 6.07) is 2.27. The van der Waals surface area contributed by atoms with Crippen molar-refractivity contribution < 1.29 is 24.6 Å². The standard InChI is InChI=1S/C11H16N3O.Rh/c1-8-6-7-12-11(13-8)14-9-2-4-10(15)5-3-9;/h6-7,9,15H,2-5H2,1H3,(H,12,13,14);/q-1;. The van der Waals surface area contributed by atoms with E-state index in [1.165, 1.54) is 0 Å². The molecule has 1 radical (unpaired) electrons. The number of nitrogens with one attached hydrogen (secondary N) is 1. The maximum absolute atomic E-state index is 9.29. The van der Waals surface area contributed by atoms with Crippen LogP contribution in [0.15, 0.2) is 12.3 Å². The number of aliphatic hydroxyl groups is 1. The molecule has 1 aliphatic rings. The number of aryl methyl sites for hydroxylation is 1. The molecule has 0 spiro atoms. The zero-order valence-corrected chi connectivity index (χ0v) is 10.9. The van der Waals surface area contributed by atoms with E-state index >= 15 is 0 Å². The largest absolute Gasteiger partial charge is 0.563 e. The van der Waals surface area contributed by atoms with Gasteiger partial charge >= 0.3 is 0 Å². The van der Waals surface area contributed by atoms with Gasteiger partial charge < -0.3 is 10.4 Å². The SMILES string of the molecule is Cc1ccnc(NC2CC[C-](O)CC2)n1.[Rh]. The van der Waals surface area contributed by atoms with E-state index in [4.69, 9.17) is 0 Å². The van der Waals surface area contributed by atoms with Gasteiger partial charge in [0, 0.05) is 37.4 Å². The van der Waals surface area contributed by atoms with Gasteiger partial charge in [0.1, 0.15) is 0 Å². The summed E-state index contributed by atoms with van der Waals surface area (Å²) >= 11 is 0. The minimum absolute atomic E-state index is 0. The van der Waals surface area contributed by atoms with Crippen LogP contribution in [0.5, 0.6) is 0 Å². The van der Waals surface area contributed by atoms with Crippen LogP contribution in [0.25, 0.3) is 0 Å². The van der Waals surface area contributed by atoms with Crippen molar-refractivity contribution in [3.8, 4) is 0 Å². The summed E-state index contributed by atoms with van der Waals surface area (Å²) in [5.74, 6) is 0.696. The molecule has 5 heteroatoms. The summed E-state index contributed by atoms with van der Waals surface area (Å²) in [6.07, 6.45) is 5.90. The molecule has 2 N–H and O–H groups in total. The average molecular weight is 309 g/mol. The Balaban J connectivity index is 0.00000128. The molecule has 91 valence electrons. The molecule has 0 bridgehead atoms. The zero-order chi connectivity index (χ0) is 10.7. The maximum Gasteiger partial charge on any atom is 0.223 e. The van der Waals surface area contributed by atoms with Gasteiger partial charge in [-0.1, -0.05) is 12.8 Å². The molecule has 0 aromatic carbocycles. The number of hydrogen-bond donors (Lipinski definition) is 2. The van der Waals surface area contributed by atoms with Crippen LogP contribution < -0.4 is 5.32 Å². The fraction of sp³-hybridized carbons (Fsp3) is 0.545. The molecule has 1 aromatic rings. The number of aliphatic hydroxyl groups excluding tert-OH is 1. The summed E-state index contributed by atoms with van der Waals surface area (Å²) in [7, 11) is 0. The third-order valence-corrected chi connectivity index (χ3v) is 2.69. The normalized spacial score (nSPS) is 17.9. The zero-order valence-electron chi connectivity index (χ0n) is 9.24. The topological polar surface area (TPSA) is 58.0 Å². The van der Waals surface area contributed by atoms with Crippen LogP contribution in [0.1, 0.15) is 31.4 Å². The molecule has 2 rings (SSSR count). The third-order valence-electron chi connectivity index (χ3n) is 2.69. The van der Waals surface area contributed by atoms with Crippen LogP contribution in [0.4, 0.5) is 5.95 Å². The molecule has 1 saturated carbocycles. The van der Waals surface area contributed by atoms with Crippen LogP contribution in [-0.2, 0) is 19.5 Å². The molecule has 0 amide bonds. The molecule has 0 atom stereocenters. The second-order valence-electron chi connectivity index (χ2n) is 4.01. The van der Waals surface area contributed by atoms with Crippen molar-refractivity contribution in [2.24, 2.45) is 0 Å². The molecular formula is C11H16N3ORh-. The molecular weight excluding hydrogens is 293 g/mol. The number of nitrogens with zero attached hydrogens (tertiary/aromatic N) is 2. The third kappa shape index (κ3) is 3.80. The van der Waals surface area contributed by atoms with Gasteiger partial charge in [0.2, 0.25) is 5.95 Å². The van der Waals surface area contributed by atoms with Crippen molar-refractivity contribution in [1.29, 1.82) is 0 Å². The first-order chi connectivity index (χ1) is 7.24. The maximum atomic E-state index is 9.29. The van der Waals surface area contributed by atoms with Crippen LogP contribution >= 0.6 is 0 Å². The molecule has 1 aliphatic carbocycles. The Morgan fingerprint density at radius 1 is 1.44 bits per heavy atom. The van der Waals surface area contributed by atoms with Crippen LogP contribution in [0.3, 0.4) is 0 Å². The first-order valence-electron chi connectivity index (χ1n) is 5.34. The Bertz CT molecular complexity index is 327. The van der Waals surface area contributed by atoms with Crippen molar-refractivity contribution in [1.82, 2.24) is 9.97 Å². The van der Waals surface area contributed by atoms with Gasteiger partial charge in [0.15, 0.2) is 0 Å². The van der Waals surface area contributed by atoms with Crippen LogP contribution in [-0.4, -0.2) is 21.1 Å². The molecule has 0 aliphatic heterocycles. The molecule has 4 nitrogen and oxygen atoms in total. The molecule has 1 fully saturated rings. The van der Waals surface area contributed by atoms with Crippen molar-refractivity contribution in [2.75, 3.05) is 5.32 Å². The van der Waals surface area contributed by atoms with E-state index in [1.54, 1.807) is 6.20 Å². The van der Waals surface area contributed by atoms with Crippen LogP contribution in [0.2, 0.25) is 0 Å². The Labute approximate surface area is 109 Å². The van der Waals surface area contributed by atoms with Gasteiger partial charge in [-0.3, -0.25) is 0 Å². The van der Waals surface area contributed by atoms with E-state index in [9.17, 15) is 5.11 Å². The number of rotatable bonds is 2. The summed E-state index contributed by atoms with van der Waals surface area (Å²) in [6.45, 7) is 1.95. The number of anilines is 1. The first-order valence-corrected chi connectivity index (χ1v) is 5.34. The fourth-order valence-corrected chi connectivity index (χ4v) is 1.80. The van der Waals surface area contributed by atoms with Crippen molar-refractivity contribution in [3.05, 3.63) is 24.1 Å². The second-order valence-corrected chi connectivity index (χ2v) is 4.01. The Morgan fingerprint density at radius 3 is 2.75 bits per heavy atom. The van der Waals surface area contributed by atoms with E-state index < -0.39 is 0 Å². The molecule has 1 heterocycles. The van der Waals surface area contributed by atoms with Crippen molar-refractivity contribution in [3.63, 3.8) is 0 Å². The first kappa shape index (κ1) is 13.5. The van der Waals surface area contributed by atoms with Crippen molar-refractivity contribution in [2.45, 2.75) is 38.6 Å². The van der Waals surface area contributed by atoms with E-state index in [-0.39, 0.29) is 19.5 Å². The van der Waals surface area contributed by atoms with Gasteiger partial charge in [0.05, 0.1) is 0 Å². The molecule has 16 heavy (non-hydrogen) atoms. The fourth-order valence-electron chi connectivity index (χ4n) is 1.80. The summed E-state index contributed by atoms with van der Waals surface area (Å²) < 4.78 is 0. The van der Waals surface area contributed by atoms with Gasteiger partial charge in [-0.25, -0.2) is 9.97 Å². The van der Waals surface area contributed by atoms with Gasteiger partial charge in [0.25, 0.3) is 0 Å². The molecule has 1 aromatic heterocycles. The van der Waals surface area contributed by atoms with Gasteiger partial charge in [-0.2, -0.15) is 18.9 Å². The predicted molar refractivity (Wildman–Crippen MR) is 57.8 cm³/mol. The monoisotopic (exact) mass is 309 g/mol. The average Bonchev–Trinajstić information content (AvgIpc) is 2.22. The summed E-state index contributed by atoms with van der Waals surface area (Å²) in [5, 5.41) is 12.6. The number of hydrogen-bond acceptors (Lipinski definition) is 4. The predicted octanol–water partition coefficient (Wildman–Crippen LogP) is 2.04. The van der Waals surface area contributed by atoms with E-state index in [0.29, 0.717) is 18.1 Å². The van der Waals surface area contributed by atoms with Crippen molar-refractivity contribution >= 4 is 5.95 Å². The minimum Gasteiger partial charge on any atom is -0.563 e. The summed E-state index contributed by atoms with van der Waals surface area (Å²) in [5.41, 5.74) is 0.970. The van der Waals surface area contributed by atoms with E-state index in [2.05, 4.69) is 15.3 Å². The Hall–Kier alpha value is -0.537. The Kier molecular flexibility index (Phi) is 5.29. The smallest absolute Gasteiger partial charge is 0.223 e. The van der Waals surface area contributed by atoms with E-state index in [0.717, 1.165) is 31.4 Å². The van der Waals surface area contributed by atoms with Crippen LogP contribution in [0, 0.1) is 13.0 Å². The summed E-state index contributed by atoms with van der Waals surface area (Å²) in [4.78, 5) is 8.46. The molecule has 0 saturated heterocycles. The van der Waals surface area contributed by atoms with Gasteiger partial charge in [-0.15, -0.1) is 0 Å². The van der Waals surface area contributed by atoms with E-state index in [1.807, 2.05) is 13.0 Å². The van der Waals surface area contributed by atoms with Gasteiger partial charge in [-0.05, 0) is 13.0 Å². The Morgan fingerprint density at radius 2 is 2.12 bits per heavy atom.